The van der Waals surface area contributed by atoms with E-state index in [-0.39, 0.29) is 0 Å². The third-order valence-corrected chi connectivity index (χ3v) is 2.56. The molecule has 3 nitrogen and oxygen atoms in total. The predicted molar refractivity (Wildman–Crippen MR) is 55.0 cm³/mol. The van der Waals surface area contributed by atoms with Gasteiger partial charge in [-0.3, -0.25) is 0 Å². The summed E-state index contributed by atoms with van der Waals surface area (Å²) in [6, 6.07) is 0.754. The number of rotatable bonds is 6. The van der Waals surface area contributed by atoms with E-state index in [9.17, 15) is 0 Å². The largest absolute Gasteiger partial charge is 0.383 e. The van der Waals surface area contributed by atoms with Crippen molar-refractivity contribution in [3.63, 3.8) is 0 Å². The Morgan fingerprint density at radius 3 is 3.00 bits per heavy atom. The molecule has 0 radical (unpaired) electrons. The Labute approximate surface area is 81.2 Å². The summed E-state index contributed by atoms with van der Waals surface area (Å²) in [4.78, 5) is 0. The second kappa shape index (κ2) is 7.30. The third kappa shape index (κ3) is 5.24. The quantitative estimate of drug-likeness (QED) is 0.601. The van der Waals surface area contributed by atoms with E-state index in [0.717, 1.165) is 25.7 Å². The van der Waals surface area contributed by atoms with Crippen LogP contribution in [0.4, 0.5) is 0 Å². The summed E-state index contributed by atoms with van der Waals surface area (Å²) in [6.45, 7) is 4.12. The van der Waals surface area contributed by atoms with Gasteiger partial charge in [0.15, 0.2) is 0 Å². The van der Waals surface area contributed by atoms with Gasteiger partial charge in [0, 0.05) is 19.7 Å². The molecular formula is C10H22N2O. The lowest BCUT2D eigenvalue weighted by atomic mass is 10.0. The van der Waals surface area contributed by atoms with Crippen molar-refractivity contribution in [3.05, 3.63) is 0 Å². The summed E-state index contributed by atoms with van der Waals surface area (Å²) in [7, 11) is 1.74. The molecule has 1 aliphatic rings. The van der Waals surface area contributed by atoms with Gasteiger partial charge in [-0.15, -0.1) is 0 Å². The van der Waals surface area contributed by atoms with Gasteiger partial charge in [-0.1, -0.05) is 6.42 Å². The van der Waals surface area contributed by atoms with Crippen LogP contribution in [0, 0.1) is 0 Å². The normalized spacial score (nSPS) is 23.3. The first-order valence-electron chi connectivity index (χ1n) is 5.36. The average molecular weight is 186 g/mol. The summed E-state index contributed by atoms with van der Waals surface area (Å²) in [5, 5.41) is 6.91. The average Bonchev–Trinajstić information content (AvgIpc) is 2.19. The van der Waals surface area contributed by atoms with Crippen LogP contribution in [0.2, 0.25) is 0 Å². The molecule has 0 aromatic rings. The van der Waals surface area contributed by atoms with Crippen LogP contribution in [-0.2, 0) is 4.74 Å². The van der Waals surface area contributed by atoms with E-state index in [0.29, 0.717) is 0 Å². The van der Waals surface area contributed by atoms with Crippen LogP contribution in [0.25, 0.3) is 0 Å². The Hall–Kier alpha value is -0.120. The minimum Gasteiger partial charge on any atom is -0.383 e. The van der Waals surface area contributed by atoms with E-state index in [1.54, 1.807) is 7.11 Å². The van der Waals surface area contributed by atoms with Gasteiger partial charge in [-0.2, -0.15) is 0 Å². The Kier molecular flexibility index (Phi) is 6.15. The van der Waals surface area contributed by atoms with Crippen LogP contribution >= 0.6 is 0 Å². The first kappa shape index (κ1) is 11.0. The van der Waals surface area contributed by atoms with Gasteiger partial charge in [0.25, 0.3) is 0 Å². The molecule has 3 heteroatoms. The number of piperidine rings is 1. The van der Waals surface area contributed by atoms with Crippen LogP contribution < -0.4 is 10.6 Å². The molecule has 1 aliphatic heterocycles. The SMILES string of the molecule is COCCNCCC1CCCCN1. The van der Waals surface area contributed by atoms with Crippen molar-refractivity contribution < 1.29 is 4.74 Å². The van der Waals surface area contributed by atoms with Crippen molar-refractivity contribution in [2.24, 2.45) is 0 Å². The molecule has 0 aromatic carbocycles. The highest BCUT2D eigenvalue weighted by molar-refractivity contribution is 4.72. The van der Waals surface area contributed by atoms with Crippen molar-refractivity contribution in [2.45, 2.75) is 31.7 Å². The highest BCUT2D eigenvalue weighted by Gasteiger charge is 2.10. The lowest BCUT2D eigenvalue weighted by Gasteiger charge is -2.23. The monoisotopic (exact) mass is 186 g/mol. The summed E-state index contributed by atoms with van der Waals surface area (Å²) < 4.78 is 4.96. The van der Waals surface area contributed by atoms with Crippen molar-refractivity contribution in [2.75, 3.05) is 33.4 Å². The smallest absolute Gasteiger partial charge is 0.0587 e. The molecule has 0 aliphatic carbocycles. The van der Waals surface area contributed by atoms with Crippen LogP contribution in [-0.4, -0.2) is 39.4 Å². The molecule has 1 rings (SSSR count). The molecule has 0 aromatic heterocycles. The van der Waals surface area contributed by atoms with Gasteiger partial charge in [0.2, 0.25) is 0 Å². The predicted octanol–water partition coefficient (Wildman–Crippen LogP) is 0.755. The van der Waals surface area contributed by atoms with E-state index in [1.807, 2.05) is 0 Å². The first-order valence-corrected chi connectivity index (χ1v) is 5.36. The van der Waals surface area contributed by atoms with Gasteiger partial charge in [-0.05, 0) is 32.4 Å². The van der Waals surface area contributed by atoms with Crippen molar-refractivity contribution in [3.8, 4) is 0 Å². The van der Waals surface area contributed by atoms with E-state index in [1.165, 1.54) is 32.2 Å². The highest BCUT2D eigenvalue weighted by Crippen LogP contribution is 2.08. The van der Waals surface area contributed by atoms with Crippen LogP contribution in [0.5, 0.6) is 0 Å². The minimum atomic E-state index is 0.754. The van der Waals surface area contributed by atoms with E-state index in [4.69, 9.17) is 4.74 Å². The molecule has 78 valence electrons. The van der Waals surface area contributed by atoms with Crippen molar-refractivity contribution in [1.82, 2.24) is 10.6 Å². The molecule has 0 bridgehead atoms. The van der Waals surface area contributed by atoms with Gasteiger partial charge in [0.1, 0.15) is 0 Å². The Morgan fingerprint density at radius 2 is 2.31 bits per heavy atom. The lowest BCUT2D eigenvalue weighted by Crippen LogP contribution is -2.36. The molecule has 0 spiro atoms. The van der Waals surface area contributed by atoms with E-state index in [2.05, 4.69) is 10.6 Å². The number of ether oxygens (including phenoxy) is 1. The molecule has 13 heavy (non-hydrogen) atoms. The maximum atomic E-state index is 4.96. The van der Waals surface area contributed by atoms with Gasteiger partial charge >= 0.3 is 0 Å². The summed E-state index contributed by atoms with van der Waals surface area (Å²) in [6.07, 6.45) is 5.36. The zero-order valence-electron chi connectivity index (χ0n) is 8.64. The Bertz CT molecular complexity index is 113. The second-order valence-corrected chi connectivity index (χ2v) is 3.68. The molecule has 1 heterocycles. The summed E-state index contributed by atoms with van der Waals surface area (Å²) in [5.74, 6) is 0. The van der Waals surface area contributed by atoms with E-state index < -0.39 is 0 Å². The molecule has 1 unspecified atom stereocenters. The van der Waals surface area contributed by atoms with Gasteiger partial charge < -0.3 is 15.4 Å². The Balaban J connectivity index is 1.86. The second-order valence-electron chi connectivity index (χ2n) is 3.68. The molecule has 1 atom stereocenters. The molecule has 2 N–H and O–H groups in total. The highest BCUT2D eigenvalue weighted by atomic mass is 16.5. The number of methoxy groups -OCH3 is 1. The third-order valence-electron chi connectivity index (χ3n) is 2.56. The lowest BCUT2D eigenvalue weighted by molar-refractivity contribution is 0.198. The molecule has 1 fully saturated rings. The number of hydrogen-bond acceptors (Lipinski definition) is 3. The molecule has 1 saturated heterocycles. The number of hydrogen-bond donors (Lipinski definition) is 2. The topological polar surface area (TPSA) is 33.3 Å². The summed E-state index contributed by atoms with van der Waals surface area (Å²) in [5.41, 5.74) is 0. The Morgan fingerprint density at radius 1 is 1.38 bits per heavy atom. The maximum absolute atomic E-state index is 4.96. The fourth-order valence-electron chi connectivity index (χ4n) is 1.75. The zero-order chi connectivity index (χ0) is 9.36. The first-order chi connectivity index (χ1) is 6.43. The molecular weight excluding hydrogens is 164 g/mol. The molecule has 0 amide bonds. The molecule has 0 saturated carbocycles. The maximum Gasteiger partial charge on any atom is 0.0587 e. The summed E-state index contributed by atoms with van der Waals surface area (Å²) >= 11 is 0. The standard InChI is InChI=1S/C10H22N2O/c1-13-9-8-11-7-5-10-4-2-3-6-12-10/h10-12H,2-9H2,1H3. The fourth-order valence-corrected chi connectivity index (χ4v) is 1.75. The van der Waals surface area contributed by atoms with Crippen LogP contribution in [0.15, 0.2) is 0 Å². The van der Waals surface area contributed by atoms with Crippen molar-refractivity contribution >= 4 is 0 Å². The van der Waals surface area contributed by atoms with Crippen LogP contribution in [0.1, 0.15) is 25.7 Å². The van der Waals surface area contributed by atoms with Crippen LogP contribution in [0.3, 0.4) is 0 Å². The minimum absolute atomic E-state index is 0.754. The van der Waals surface area contributed by atoms with Gasteiger partial charge in [-0.25, -0.2) is 0 Å². The van der Waals surface area contributed by atoms with Crippen molar-refractivity contribution in [1.29, 1.82) is 0 Å². The number of nitrogens with one attached hydrogen (secondary N) is 2. The van der Waals surface area contributed by atoms with Gasteiger partial charge in [0.05, 0.1) is 6.61 Å². The fraction of sp³-hybridized carbons (Fsp3) is 1.00. The van der Waals surface area contributed by atoms with E-state index >= 15 is 0 Å². The zero-order valence-corrected chi connectivity index (χ0v) is 8.64.